The van der Waals surface area contributed by atoms with Crippen molar-refractivity contribution in [3.63, 3.8) is 0 Å². The molecule has 7 rings (SSSR count). The predicted molar refractivity (Wildman–Crippen MR) is 174 cm³/mol. The van der Waals surface area contributed by atoms with Crippen molar-refractivity contribution in [2.75, 3.05) is 24.0 Å². The summed E-state index contributed by atoms with van der Waals surface area (Å²) in [5, 5.41) is 20.0. The van der Waals surface area contributed by atoms with Gasteiger partial charge in [0.1, 0.15) is 22.9 Å². The molecular formula is C35H23Cl2F5N2O9. The summed E-state index contributed by atoms with van der Waals surface area (Å²) in [5.41, 5.74) is -2.33. The van der Waals surface area contributed by atoms with Gasteiger partial charge in [-0.1, -0.05) is 17.7 Å². The second-order valence-electron chi connectivity index (χ2n) is 12.8. The third-order valence-corrected chi connectivity index (χ3v) is 11.8. The molecule has 4 aliphatic rings. The minimum Gasteiger partial charge on any atom is -0.508 e. The summed E-state index contributed by atoms with van der Waals surface area (Å²) in [7, 11) is 2.31. The van der Waals surface area contributed by atoms with Crippen LogP contribution in [0.25, 0.3) is 0 Å². The summed E-state index contributed by atoms with van der Waals surface area (Å²) in [4.78, 5) is 63.6. The smallest absolute Gasteiger partial charge is 0.335 e. The molecule has 0 aromatic heterocycles. The molecule has 0 radical (unpaired) electrons. The molecule has 2 aliphatic heterocycles. The van der Waals surface area contributed by atoms with E-state index >= 15 is 8.78 Å². The molecule has 0 unspecified atom stereocenters. The van der Waals surface area contributed by atoms with Crippen molar-refractivity contribution >= 4 is 64.2 Å². The molecule has 2 N–H and O–H groups in total. The molecule has 2 heterocycles. The first kappa shape index (κ1) is 36.2. The van der Waals surface area contributed by atoms with E-state index in [0.717, 1.165) is 37.3 Å². The minimum absolute atomic E-state index is 0.0815. The maximum absolute atomic E-state index is 15.3. The monoisotopic (exact) mass is 780 g/mol. The maximum Gasteiger partial charge on any atom is 0.335 e. The van der Waals surface area contributed by atoms with Gasteiger partial charge in [-0.05, 0) is 37.0 Å². The number of phenols is 1. The van der Waals surface area contributed by atoms with E-state index in [9.17, 15) is 47.4 Å². The average molecular weight is 781 g/mol. The summed E-state index contributed by atoms with van der Waals surface area (Å²) in [6.07, 6.45) is 0.508. The van der Waals surface area contributed by atoms with Crippen LogP contribution in [-0.2, 0) is 19.2 Å². The highest BCUT2D eigenvalue weighted by Gasteiger charge is 2.77. The number of aromatic hydroxyl groups is 1. The molecule has 1 saturated carbocycles. The van der Waals surface area contributed by atoms with Gasteiger partial charge in [0.25, 0.3) is 11.8 Å². The van der Waals surface area contributed by atoms with E-state index in [0.29, 0.717) is 0 Å². The summed E-state index contributed by atoms with van der Waals surface area (Å²) in [6.45, 7) is 0. The lowest BCUT2D eigenvalue weighted by atomic mass is 9.56. The predicted octanol–water partition coefficient (Wildman–Crippen LogP) is 5.57. The SMILES string of the molecule is COc1cc(O)cc(OC)c1[C@H]1C2=CC[C@@H]3C(=O)N(c4cccc(C(=O)O)c4)C(=O)[C@@H]3[C@@H]2C[C@@]2(Cl)C(=O)N(c3c(F)c(F)c(F)c(F)c3F)C(=O)[C@@]12Cl. The van der Waals surface area contributed by atoms with E-state index in [1.54, 1.807) is 0 Å². The van der Waals surface area contributed by atoms with Crippen LogP contribution in [0.1, 0.15) is 34.7 Å². The topological polar surface area (TPSA) is 151 Å². The highest BCUT2D eigenvalue weighted by atomic mass is 35.5. The number of fused-ring (bicyclic) bond motifs is 4. The average Bonchev–Trinajstić information content (AvgIpc) is 3.47. The largest absolute Gasteiger partial charge is 0.508 e. The lowest BCUT2D eigenvalue weighted by Gasteiger charge is -2.51. The van der Waals surface area contributed by atoms with Crippen molar-refractivity contribution in [3.8, 4) is 17.2 Å². The van der Waals surface area contributed by atoms with Gasteiger partial charge < -0.3 is 19.7 Å². The fourth-order valence-electron chi connectivity index (χ4n) is 8.13. The molecule has 3 aromatic rings. The molecular weight excluding hydrogens is 758 g/mol. The van der Waals surface area contributed by atoms with Gasteiger partial charge in [0.15, 0.2) is 33.0 Å². The number of carbonyl (C=O) groups excluding carboxylic acids is 4. The van der Waals surface area contributed by atoms with Gasteiger partial charge in [0.2, 0.25) is 17.6 Å². The minimum atomic E-state index is -2.88. The van der Waals surface area contributed by atoms with Crippen molar-refractivity contribution in [2.24, 2.45) is 17.8 Å². The van der Waals surface area contributed by atoms with Gasteiger partial charge in [-0.15, -0.1) is 23.2 Å². The van der Waals surface area contributed by atoms with Gasteiger partial charge in [-0.3, -0.25) is 24.1 Å². The number of alkyl halides is 2. The second-order valence-corrected chi connectivity index (χ2v) is 14.1. The number of nitrogens with zero attached hydrogens (tertiary/aromatic N) is 2. The Hall–Kier alpha value is -5.22. The number of carboxylic acids is 1. The van der Waals surface area contributed by atoms with Crippen molar-refractivity contribution in [1.82, 2.24) is 0 Å². The van der Waals surface area contributed by atoms with Crippen molar-refractivity contribution in [3.05, 3.63) is 88.3 Å². The van der Waals surface area contributed by atoms with Gasteiger partial charge in [0, 0.05) is 23.6 Å². The Balaban J connectivity index is 1.47. The Morgan fingerprint density at radius 2 is 1.42 bits per heavy atom. The van der Waals surface area contributed by atoms with Crippen LogP contribution in [0.5, 0.6) is 17.2 Å². The zero-order valence-electron chi connectivity index (χ0n) is 27.1. The maximum atomic E-state index is 15.3. The molecule has 6 atom stereocenters. The standard InChI is InChI=1S/C35H23Cl2F5N2O9/c1-52-18-9-14(45)10-19(53-2)21(18)22-15-6-7-16-20(30(47)43(29(16)46)13-5-3-4-12(8-13)31(48)49)17(15)11-34(36)32(50)44(33(51)35(22,34)37)28-26(41)24(39)23(38)25(40)27(28)42/h3-6,8-10,16-17,20,22,45H,7,11H2,1-2H3,(H,48,49)/t16-,17+,20-,22+,34+,35-/m0/s1. The molecule has 276 valence electrons. The third kappa shape index (κ3) is 4.67. The molecule has 11 nitrogen and oxygen atoms in total. The lowest BCUT2D eigenvalue weighted by molar-refractivity contribution is -0.125. The van der Waals surface area contributed by atoms with E-state index < -0.39 is 110 Å². The molecule has 4 amide bonds. The first-order valence-corrected chi connectivity index (χ1v) is 16.4. The first-order chi connectivity index (χ1) is 25.0. The zero-order valence-corrected chi connectivity index (χ0v) is 28.6. The van der Waals surface area contributed by atoms with Crippen LogP contribution >= 0.6 is 23.2 Å². The molecule has 0 spiro atoms. The van der Waals surface area contributed by atoms with Crippen LogP contribution < -0.4 is 19.3 Å². The molecule has 3 aromatic carbocycles. The molecule has 2 aliphatic carbocycles. The van der Waals surface area contributed by atoms with Crippen LogP contribution in [0, 0.1) is 46.8 Å². The number of benzene rings is 3. The van der Waals surface area contributed by atoms with Crippen LogP contribution in [0.4, 0.5) is 33.3 Å². The number of halogens is 7. The normalized spacial score (nSPS) is 27.8. The Labute approximate surface area is 305 Å². The number of carbonyl (C=O) groups is 5. The van der Waals surface area contributed by atoms with E-state index in [1.807, 2.05) is 0 Å². The van der Waals surface area contributed by atoms with E-state index in [4.69, 9.17) is 32.7 Å². The van der Waals surface area contributed by atoms with Crippen LogP contribution in [-0.4, -0.2) is 63.8 Å². The highest BCUT2D eigenvalue weighted by Crippen LogP contribution is 2.68. The molecule has 53 heavy (non-hydrogen) atoms. The number of hydrogen-bond acceptors (Lipinski definition) is 8. The van der Waals surface area contributed by atoms with Gasteiger partial charge in [-0.25, -0.2) is 31.6 Å². The molecule has 18 heteroatoms. The number of rotatable bonds is 6. The highest BCUT2D eigenvalue weighted by molar-refractivity contribution is 6.58. The summed E-state index contributed by atoms with van der Waals surface area (Å²) < 4.78 is 84.8. The quantitative estimate of drug-likeness (QED) is 0.0818. The van der Waals surface area contributed by atoms with Crippen molar-refractivity contribution in [2.45, 2.75) is 28.5 Å². The number of amides is 4. The zero-order chi connectivity index (χ0) is 38.6. The summed E-state index contributed by atoms with van der Waals surface area (Å²) >= 11 is 14.3. The van der Waals surface area contributed by atoms with Crippen LogP contribution in [0.15, 0.2) is 48.0 Å². The third-order valence-electron chi connectivity index (χ3n) is 10.4. The summed E-state index contributed by atoms with van der Waals surface area (Å²) in [5.74, 6) is -25.3. The van der Waals surface area contributed by atoms with E-state index in [1.165, 1.54) is 24.3 Å². The van der Waals surface area contributed by atoms with Crippen LogP contribution in [0.2, 0.25) is 0 Å². The number of ether oxygens (including phenoxy) is 2. The lowest BCUT2D eigenvalue weighted by Crippen LogP contribution is -2.60. The number of hydrogen-bond donors (Lipinski definition) is 2. The molecule has 0 bridgehead atoms. The van der Waals surface area contributed by atoms with Crippen molar-refractivity contribution in [1.29, 1.82) is 0 Å². The van der Waals surface area contributed by atoms with E-state index in [2.05, 4.69) is 0 Å². The fourth-order valence-corrected chi connectivity index (χ4v) is 9.04. The Morgan fingerprint density at radius 1 is 0.830 bits per heavy atom. The summed E-state index contributed by atoms with van der Waals surface area (Å²) in [6, 6.07) is 7.15. The second kappa shape index (κ2) is 12.2. The number of phenolic OH excluding ortho intramolecular Hbond substituents is 1. The Bertz CT molecular complexity index is 2200. The number of imide groups is 2. The van der Waals surface area contributed by atoms with Gasteiger partial charge >= 0.3 is 5.97 Å². The van der Waals surface area contributed by atoms with Crippen molar-refractivity contribution < 1.29 is 65.6 Å². The number of anilines is 2. The number of carboxylic acid groups (broad SMARTS) is 1. The fraction of sp³-hybridized carbons (Fsp3) is 0.286. The molecule has 3 fully saturated rings. The Kier molecular flexibility index (Phi) is 8.30. The first-order valence-electron chi connectivity index (χ1n) is 15.6. The van der Waals surface area contributed by atoms with Crippen LogP contribution in [0.3, 0.4) is 0 Å². The van der Waals surface area contributed by atoms with Gasteiger partial charge in [0.05, 0.1) is 37.3 Å². The Morgan fingerprint density at radius 3 is 1.98 bits per heavy atom. The number of aromatic carboxylic acids is 1. The van der Waals surface area contributed by atoms with E-state index in [-0.39, 0.29) is 45.2 Å². The van der Waals surface area contributed by atoms with Gasteiger partial charge in [-0.2, -0.15) is 0 Å². The number of allylic oxidation sites excluding steroid dienone is 2. The molecule has 2 saturated heterocycles. The number of methoxy groups -OCH3 is 2.